The van der Waals surface area contributed by atoms with Crippen LogP contribution in [0.1, 0.15) is 25.7 Å². The first kappa shape index (κ1) is 12.2. The zero-order chi connectivity index (χ0) is 12.5. The van der Waals surface area contributed by atoms with Crippen molar-refractivity contribution < 1.29 is 9.94 Å². The summed E-state index contributed by atoms with van der Waals surface area (Å²) >= 11 is 0. The molecule has 0 amide bonds. The minimum absolute atomic E-state index is 0.202. The number of oxime groups is 1. The molecule has 1 aliphatic heterocycles. The molecule has 1 saturated heterocycles. The molecular formula is C13H23N3O2. The van der Waals surface area contributed by atoms with E-state index in [1.807, 2.05) is 0 Å². The molecule has 0 aromatic rings. The Morgan fingerprint density at radius 3 is 2.94 bits per heavy atom. The average molecular weight is 253 g/mol. The van der Waals surface area contributed by atoms with Gasteiger partial charge in [0.2, 0.25) is 0 Å². The van der Waals surface area contributed by atoms with Gasteiger partial charge >= 0.3 is 0 Å². The van der Waals surface area contributed by atoms with Crippen LogP contribution in [0.25, 0.3) is 0 Å². The highest BCUT2D eigenvalue weighted by atomic mass is 16.5. The van der Waals surface area contributed by atoms with Crippen LogP contribution in [0.2, 0.25) is 0 Å². The van der Waals surface area contributed by atoms with Crippen LogP contribution < -0.4 is 5.73 Å². The van der Waals surface area contributed by atoms with Gasteiger partial charge in [0, 0.05) is 19.6 Å². The molecule has 0 radical (unpaired) electrons. The van der Waals surface area contributed by atoms with E-state index in [0.29, 0.717) is 6.61 Å². The number of ether oxygens (including phenoxy) is 1. The molecule has 3 aliphatic rings. The Bertz CT molecular complexity index is 334. The topological polar surface area (TPSA) is 71.1 Å². The van der Waals surface area contributed by atoms with Crippen molar-refractivity contribution in [3.05, 3.63) is 0 Å². The summed E-state index contributed by atoms with van der Waals surface area (Å²) in [6, 6.07) is 0. The molecule has 1 heterocycles. The van der Waals surface area contributed by atoms with Crippen molar-refractivity contribution in [1.29, 1.82) is 0 Å². The number of amidine groups is 1. The quantitative estimate of drug-likeness (QED) is 0.339. The zero-order valence-electron chi connectivity index (χ0n) is 10.8. The van der Waals surface area contributed by atoms with Crippen molar-refractivity contribution in [2.24, 2.45) is 28.6 Å². The lowest BCUT2D eigenvalue weighted by molar-refractivity contribution is -0.00421. The molecule has 0 spiro atoms. The maximum atomic E-state index is 8.71. The molecule has 0 aromatic heterocycles. The van der Waals surface area contributed by atoms with E-state index in [9.17, 15) is 0 Å². The van der Waals surface area contributed by atoms with E-state index >= 15 is 0 Å². The summed E-state index contributed by atoms with van der Waals surface area (Å²) in [7, 11) is 0. The minimum atomic E-state index is -0.234. The maximum Gasteiger partial charge on any atom is 0.169 e. The first-order chi connectivity index (χ1) is 8.76. The number of rotatable bonds is 3. The van der Waals surface area contributed by atoms with Crippen LogP contribution in [0.5, 0.6) is 0 Å². The van der Waals surface area contributed by atoms with Gasteiger partial charge in [-0.15, -0.1) is 0 Å². The van der Waals surface area contributed by atoms with Gasteiger partial charge in [-0.05, 0) is 37.0 Å². The lowest BCUT2D eigenvalue weighted by Crippen LogP contribution is -2.50. The molecule has 3 N–H and O–H groups in total. The molecule has 2 aliphatic carbocycles. The van der Waals surface area contributed by atoms with Gasteiger partial charge in [-0.3, -0.25) is 4.90 Å². The maximum absolute atomic E-state index is 8.71. The molecule has 4 unspecified atom stereocenters. The SMILES string of the molecule is NC(=NO)C1CN(CC2CC3CCC2C3)CCO1. The number of nitrogens with zero attached hydrogens (tertiary/aromatic N) is 2. The summed E-state index contributed by atoms with van der Waals surface area (Å²) in [5, 5.41) is 11.8. The van der Waals surface area contributed by atoms with E-state index in [1.165, 1.54) is 32.2 Å². The predicted molar refractivity (Wildman–Crippen MR) is 68.5 cm³/mol. The molecule has 2 saturated carbocycles. The second-order valence-corrected chi connectivity index (χ2v) is 6.08. The third kappa shape index (κ3) is 2.34. The van der Waals surface area contributed by atoms with Crippen molar-refractivity contribution in [2.45, 2.75) is 31.8 Å². The fourth-order valence-corrected chi connectivity index (χ4v) is 4.04. The second-order valence-electron chi connectivity index (χ2n) is 6.08. The zero-order valence-corrected chi connectivity index (χ0v) is 10.8. The van der Waals surface area contributed by atoms with Gasteiger partial charge in [-0.25, -0.2) is 0 Å². The molecule has 5 heteroatoms. The van der Waals surface area contributed by atoms with Crippen LogP contribution >= 0.6 is 0 Å². The predicted octanol–water partition coefficient (Wildman–Crippen LogP) is 0.870. The molecule has 102 valence electrons. The standard InChI is InChI=1S/C13H23N3O2/c14-13(15-17)12-8-16(3-4-18-12)7-11-6-9-1-2-10(11)5-9/h9-12,17H,1-8H2,(H2,14,15). The van der Waals surface area contributed by atoms with Gasteiger partial charge in [0.1, 0.15) is 6.10 Å². The summed E-state index contributed by atoms with van der Waals surface area (Å²) < 4.78 is 5.53. The van der Waals surface area contributed by atoms with Crippen molar-refractivity contribution >= 4 is 5.84 Å². The molecule has 5 nitrogen and oxygen atoms in total. The Kier molecular flexibility index (Phi) is 3.43. The van der Waals surface area contributed by atoms with Crippen LogP contribution in [0, 0.1) is 17.8 Å². The van der Waals surface area contributed by atoms with Gasteiger partial charge in [-0.1, -0.05) is 11.6 Å². The number of fused-ring (bicyclic) bond motifs is 2. The Hall–Kier alpha value is -0.810. The van der Waals surface area contributed by atoms with E-state index in [2.05, 4.69) is 10.1 Å². The molecule has 4 atom stereocenters. The van der Waals surface area contributed by atoms with E-state index in [4.69, 9.17) is 15.7 Å². The summed E-state index contributed by atoms with van der Waals surface area (Å²) in [4.78, 5) is 2.43. The summed E-state index contributed by atoms with van der Waals surface area (Å²) in [5.74, 6) is 3.03. The monoisotopic (exact) mass is 253 g/mol. The Morgan fingerprint density at radius 1 is 1.39 bits per heavy atom. The van der Waals surface area contributed by atoms with E-state index in [1.54, 1.807) is 0 Å². The average Bonchev–Trinajstić information content (AvgIpc) is 3.00. The largest absolute Gasteiger partial charge is 0.409 e. The van der Waals surface area contributed by atoms with Crippen LogP contribution in [0.3, 0.4) is 0 Å². The molecule has 3 rings (SSSR count). The second kappa shape index (κ2) is 5.05. The van der Waals surface area contributed by atoms with Crippen LogP contribution in [0.4, 0.5) is 0 Å². The third-order valence-electron chi connectivity index (χ3n) is 4.97. The van der Waals surface area contributed by atoms with Crippen LogP contribution in [0.15, 0.2) is 5.16 Å². The normalized spacial score (nSPS) is 41.4. The smallest absolute Gasteiger partial charge is 0.169 e. The van der Waals surface area contributed by atoms with Crippen molar-refractivity contribution in [3.8, 4) is 0 Å². The minimum Gasteiger partial charge on any atom is -0.409 e. The van der Waals surface area contributed by atoms with Gasteiger partial charge in [0.05, 0.1) is 6.61 Å². The molecular weight excluding hydrogens is 230 g/mol. The molecule has 3 fully saturated rings. The number of hydrogen-bond donors (Lipinski definition) is 2. The summed E-state index contributed by atoms with van der Waals surface area (Å²) in [6.45, 7) is 3.59. The first-order valence-corrected chi connectivity index (χ1v) is 7.07. The fraction of sp³-hybridized carbons (Fsp3) is 0.923. The number of morpholine rings is 1. The molecule has 0 aromatic carbocycles. The van der Waals surface area contributed by atoms with Gasteiger partial charge < -0.3 is 15.7 Å². The Morgan fingerprint density at radius 2 is 2.28 bits per heavy atom. The lowest BCUT2D eigenvalue weighted by atomic mass is 9.88. The van der Waals surface area contributed by atoms with Crippen molar-refractivity contribution in [2.75, 3.05) is 26.2 Å². The third-order valence-corrected chi connectivity index (χ3v) is 4.97. The Balaban J connectivity index is 1.53. The summed E-state index contributed by atoms with van der Waals surface area (Å²) in [6.07, 6.45) is 5.53. The van der Waals surface area contributed by atoms with Crippen molar-refractivity contribution in [1.82, 2.24) is 4.90 Å². The van der Waals surface area contributed by atoms with Crippen LogP contribution in [-0.2, 0) is 4.74 Å². The van der Waals surface area contributed by atoms with E-state index < -0.39 is 0 Å². The van der Waals surface area contributed by atoms with E-state index in [-0.39, 0.29) is 11.9 Å². The molecule has 18 heavy (non-hydrogen) atoms. The van der Waals surface area contributed by atoms with Crippen LogP contribution in [-0.4, -0.2) is 48.3 Å². The first-order valence-electron chi connectivity index (χ1n) is 7.07. The lowest BCUT2D eigenvalue weighted by Gasteiger charge is -2.35. The van der Waals surface area contributed by atoms with Gasteiger partial charge in [0.25, 0.3) is 0 Å². The highest BCUT2D eigenvalue weighted by Crippen LogP contribution is 2.48. The van der Waals surface area contributed by atoms with Gasteiger partial charge in [-0.2, -0.15) is 0 Å². The molecule has 2 bridgehead atoms. The number of nitrogens with two attached hydrogens (primary N) is 1. The van der Waals surface area contributed by atoms with Gasteiger partial charge in [0.15, 0.2) is 5.84 Å². The highest BCUT2D eigenvalue weighted by molar-refractivity contribution is 5.84. The summed E-state index contributed by atoms with van der Waals surface area (Å²) in [5.41, 5.74) is 5.63. The highest BCUT2D eigenvalue weighted by Gasteiger charge is 2.40. The fourth-order valence-electron chi connectivity index (χ4n) is 4.04. The Labute approximate surface area is 108 Å². The number of hydrogen-bond acceptors (Lipinski definition) is 4. The van der Waals surface area contributed by atoms with E-state index in [0.717, 1.165) is 30.8 Å². The van der Waals surface area contributed by atoms with Crippen molar-refractivity contribution in [3.63, 3.8) is 0 Å².